The van der Waals surface area contributed by atoms with E-state index in [2.05, 4.69) is 0 Å². The van der Waals surface area contributed by atoms with Gasteiger partial charge in [-0.3, -0.25) is 0 Å². The van der Waals surface area contributed by atoms with Crippen LogP contribution in [0.5, 0.6) is 0 Å². The highest BCUT2D eigenvalue weighted by atomic mass is 16.3. The molecule has 0 saturated heterocycles. The Hall–Kier alpha value is -0.340. The number of rotatable bonds is 5. The molecule has 0 aromatic rings. The third-order valence-electron chi connectivity index (χ3n) is 1.55. The fourth-order valence-corrected chi connectivity index (χ4v) is 1.03. The second kappa shape index (κ2) is 6.38. The van der Waals surface area contributed by atoms with Gasteiger partial charge in [0.05, 0.1) is 12.2 Å². The van der Waals surface area contributed by atoms with Crippen molar-refractivity contribution in [2.45, 2.75) is 45.3 Å². The van der Waals surface area contributed by atoms with Gasteiger partial charge >= 0.3 is 0 Å². The molecule has 0 saturated carbocycles. The van der Waals surface area contributed by atoms with Gasteiger partial charge in [-0.1, -0.05) is 25.5 Å². The minimum atomic E-state index is -0.485. The summed E-state index contributed by atoms with van der Waals surface area (Å²) in [5.74, 6) is 0. The Bertz CT molecular complexity index is 110. The van der Waals surface area contributed by atoms with Gasteiger partial charge in [-0.05, 0) is 13.3 Å². The highest BCUT2D eigenvalue weighted by Crippen LogP contribution is 2.05. The molecule has 0 amide bonds. The smallest absolute Gasteiger partial charge is 0.0745 e. The summed E-state index contributed by atoms with van der Waals surface area (Å²) in [5, 5.41) is 18.5. The van der Waals surface area contributed by atoms with E-state index in [1.54, 1.807) is 12.2 Å². The van der Waals surface area contributed by atoms with Gasteiger partial charge in [0, 0.05) is 6.42 Å². The monoisotopic (exact) mass is 158 g/mol. The zero-order valence-electron chi connectivity index (χ0n) is 7.33. The molecule has 2 nitrogen and oxygen atoms in total. The maximum atomic E-state index is 9.25. The van der Waals surface area contributed by atoms with Gasteiger partial charge in [-0.25, -0.2) is 0 Å². The third-order valence-corrected chi connectivity index (χ3v) is 1.55. The molecular formula is C9H18O2. The summed E-state index contributed by atoms with van der Waals surface area (Å²) in [6.45, 7) is 3.88. The van der Waals surface area contributed by atoms with Crippen molar-refractivity contribution in [1.29, 1.82) is 0 Å². The van der Waals surface area contributed by atoms with E-state index >= 15 is 0 Å². The van der Waals surface area contributed by atoms with Gasteiger partial charge in [-0.15, -0.1) is 0 Å². The van der Waals surface area contributed by atoms with E-state index in [4.69, 9.17) is 0 Å². The van der Waals surface area contributed by atoms with Crippen LogP contribution in [0, 0.1) is 0 Å². The van der Waals surface area contributed by atoms with Crippen LogP contribution in [-0.2, 0) is 0 Å². The van der Waals surface area contributed by atoms with E-state index in [0.29, 0.717) is 6.42 Å². The first-order chi connectivity index (χ1) is 5.20. The van der Waals surface area contributed by atoms with Gasteiger partial charge < -0.3 is 10.2 Å². The summed E-state index contributed by atoms with van der Waals surface area (Å²) >= 11 is 0. The average molecular weight is 158 g/mol. The Morgan fingerprint density at radius 2 is 2.00 bits per heavy atom. The predicted molar refractivity (Wildman–Crippen MR) is 46.4 cm³/mol. The van der Waals surface area contributed by atoms with E-state index in [9.17, 15) is 10.2 Å². The molecule has 0 radical (unpaired) electrons. The lowest BCUT2D eigenvalue weighted by Crippen LogP contribution is -2.15. The topological polar surface area (TPSA) is 40.5 Å². The van der Waals surface area contributed by atoms with Crippen LogP contribution in [0.15, 0.2) is 12.2 Å². The minimum Gasteiger partial charge on any atom is -0.393 e. The summed E-state index contributed by atoms with van der Waals surface area (Å²) < 4.78 is 0. The van der Waals surface area contributed by atoms with Crippen molar-refractivity contribution in [2.75, 3.05) is 0 Å². The van der Waals surface area contributed by atoms with Gasteiger partial charge in [0.25, 0.3) is 0 Å². The summed E-state index contributed by atoms with van der Waals surface area (Å²) in [6.07, 6.45) is 4.84. The molecule has 0 bridgehead atoms. The molecule has 0 aromatic carbocycles. The molecule has 0 fully saturated rings. The van der Waals surface area contributed by atoms with Crippen molar-refractivity contribution in [3.05, 3.63) is 12.2 Å². The van der Waals surface area contributed by atoms with Crippen molar-refractivity contribution < 1.29 is 10.2 Å². The molecule has 0 rings (SSSR count). The fourth-order valence-electron chi connectivity index (χ4n) is 1.03. The number of allylic oxidation sites excluding steroid dienone is 1. The summed E-state index contributed by atoms with van der Waals surface area (Å²) in [5.41, 5.74) is 0. The second-order valence-electron chi connectivity index (χ2n) is 2.77. The standard InChI is InChI=1S/C9H18O2/c1-3-5-8(10)7-9(11)6-4-2/h3,5,8-11H,4,6-7H2,1-2H3. The number of aliphatic hydroxyl groups excluding tert-OH is 2. The molecule has 0 aliphatic carbocycles. The molecule has 2 atom stereocenters. The lowest BCUT2D eigenvalue weighted by molar-refractivity contribution is 0.0972. The Labute approximate surface area is 68.6 Å². The number of hydrogen-bond acceptors (Lipinski definition) is 2. The largest absolute Gasteiger partial charge is 0.393 e. The lowest BCUT2D eigenvalue weighted by Gasteiger charge is -2.11. The van der Waals surface area contributed by atoms with Crippen LogP contribution in [0.2, 0.25) is 0 Å². The first kappa shape index (κ1) is 10.7. The normalized spacial score (nSPS) is 17.1. The van der Waals surface area contributed by atoms with Crippen molar-refractivity contribution >= 4 is 0 Å². The maximum Gasteiger partial charge on any atom is 0.0745 e. The first-order valence-corrected chi connectivity index (χ1v) is 4.19. The SMILES string of the molecule is CC=CC(O)CC(O)CCC. The molecule has 2 unspecified atom stereocenters. The van der Waals surface area contributed by atoms with Crippen molar-refractivity contribution in [1.82, 2.24) is 0 Å². The molecule has 2 N–H and O–H groups in total. The van der Waals surface area contributed by atoms with E-state index in [1.165, 1.54) is 0 Å². The number of aliphatic hydroxyl groups is 2. The Kier molecular flexibility index (Phi) is 6.18. The van der Waals surface area contributed by atoms with E-state index < -0.39 is 6.10 Å². The third kappa shape index (κ3) is 6.07. The van der Waals surface area contributed by atoms with Crippen molar-refractivity contribution in [3.63, 3.8) is 0 Å². The van der Waals surface area contributed by atoms with Crippen LogP contribution >= 0.6 is 0 Å². The van der Waals surface area contributed by atoms with Crippen LogP contribution in [0.4, 0.5) is 0 Å². The summed E-state index contributed by atoms with van der Waals surface area (Å²) in [4.78, 5) is 0. The highest BCUT2D eigenvalue weighted by molar-refractivity contribution is 4.86. The molecule has 0 spiro atoms. The zero-order chi connectivity index (χ0) is 8.69. The summed E-state index contributed by atoms with van der Waals surface area (Å²) in [7, 11) is 0. The van der Waals surface area contributed by atoms with Crippen molar-refractivity contribution in [2.24, 2.45) is 0 Å². The molecule has 0 aliphatic heterocycles. The van der Waals surface area contributed by atoms with Gasteiger partial charge in [0.2, 0.25) is 0 Å². The van der Waals surface area contributed by atoms with E-state index in [-0.39, 0.29) is 6.10 Å². The molecule has 11 heavy (non-hydrogen) atoms. The molecule has 0 aromatic heterocycles. The van der Waals surface area contributed by atoms with Gasteiger partial charge in [-0.2, -0.15) is 0 Å². The molecule has 0 heterocycles. The molecule has 0 aliphatic rings. The second-order valence-corrected chi connectivity index (χ2v) is 2.77. The van der Waals surface area contributed by atoms with Crippen LogP contribution in [0.1, 0.15) is 33.1 Å². The number of hydrogen-bond donors (Lipinski definition) is 2. The van der Waals surface area contributed by atoms with Crippen LogP contribution in [0.25, 0.3) is 0 Å². The molecule has 2 heteroatoms. The zero-order valence-corrected chi connectivity index (χ0v) is 7.33. The van der Waals surface area contributed by atoms with Gasteiger partial charge in [0.15, 0.2) is 0 Å². The highest BCUT2D eigenvalue weighted by Gasteiger charge is 2.07. The quantitative estimate of drug-likeness (QED) is 0.595. The van der Waals surface area contributed by atoms with E-state index in [1.807, 2.05) is 13.8 Å². The van der Waals surface area contributed by atoms with Crippen molar-refractivity contribution in [3.8, 4) is 0 Å². The van der Waals surface area contributed by atoms with Crippen LogP contribution < -0.4 is 0 Å². The molecule has 66 valence electrons. The maximum absolute atomic E-state index is 9.25. The minimum absolute atomic E-state index is 0.355. The Balaban J connectivity index is 3.48. The van der Waals surface area contributed by atoms with Crippen LogP contribution in [0.3, 0.4) is 0 Å². The predicted octanol–water partition coefficient (Wildman–Crippen LogP) is 1.47. The fraction of sp³-hybridized carbons (Fsp3) is 0.778. The molecular weight excluding hydrogens is 140 g/mol. The lowest BCUT2D eigenvalue weighted by atomic mass is 10.1. The van der Waals surface area contributed by atoms with E-state index in [0.717, 1.165) is 12.8 Å². The van der Waals surface area contributed by atoms with Gasteiger partial charge in [0.1, 0.15) is 0 Å². The average Bonchev–Trinajstić information content (AvgIpc) is 1.87. The summed E-state index contributed by atoms with van der Waals surface area (Å²) in [6, 6.07) is 0. The van der Waals surface area contributed by atoms with Crippen LogP contribution in [-0.4, -0.2) is 22.4 Å². The Morgan fingerprint density at radius 3 is 2.45 bits per heavy atom. The first-order valence-electron chi connectivity index (χ1n) is 4.19. The Morgan fingerprint density at radius 1 is 1.36 bits per heavy atom.